The molecule has 0 aromatic carbocycles. The molecular weight excluding hydrogens is 879 g/mol. The minimum Gasteiger partial charge on any atom is -0.466 e. The molecule has 0 saturated heterocycles. The molecule has 71 heavy (non-hydrogen) atoms. The van der Waals surface area contributed by atoms with Crippen molar-refractivity contribution < 1.29 is 44.7 Å². The molecule has 0 rings (SSSR count). The Hall–Kier alpha value is -1.70. The number of amides is 1. The molecule has 0 aromatic heterocycles. The molecule has 4 N–H and O–H groups in total. The maximum Gasteiger partial charge on any atom is 0.305 e. The summed E-state index contributed by atoms with van der Waals surface area (Å²) in [7, 11) is 0. The topological polar surface area (TPSA) is 116 Å². The predicted octanol–water partition coefficient (Wildman–Crippen LogP) is 18.8. The molecule has 0 bridgehead atoms. The van der Waals surface area contributed by atoms with E-state index in [1.165, 1.54) is 192 Å². The second-order valence-electron chi connectivity index (χ2n) is 20.8. The largest absolute Gasteiger partial charge is 0.466 e. The van der Waals surface area contributed by atoms with Crippen LogP contribution in [0.4, 0.5) is 0 Å². The van der Waals surface area contributed by atoms with Crippen molar-refractivity contribution in [3.8, 4) is 0 Å². The molecular formula is C64H123NO6. The van der Waals surface area contributed by atoms with Crippen LogP contribution in [0.15, 0.2) is 24.3 Å². The second kappa shape index (κ2) is 59.2. The van der Waals surface area contributed by atoms with Crippen LogP contribution in [0.2, 0.25) is 0 Å². The average Bonchev–Trinajstić information content (AvgIpc) is 2.22. The summed E-state index contributed by atoms with van der Waals surface area (Å²) >= 11 is 0. The Morgan fingerprint density at radius 2 is 0.915 bits per heavy atom. The van der Waals surface area contributed by atoms with E-state index >= 15 is 0 Å². The number of allylic oxidation sites excluding steroid dienone is 4. The van der Waals surface area contributed by atoms with E-state index in [1.54, 1.807) is 6.08 Å². The highest BCUT2D eigenvalue weighted by Gasteiger charge is 2.26. The molecule has 420 valence electrons. The predicted molar refractivity (Wildman–Crippen MR) is 307 cm³/mol. The van der Waals surface area contributed by atoms with Crippen molar-refractivity contribution in [1.29, 1.82) is 0 Å². The van der Waals surface area contributed by atoms with Crippen LogP contribution in [-0.2, 0) is 14.3 Å². The van der Waals surface area contributed by atoms with E-state index in [0.29, 0.717) is 25.9 Å². The van der Waals surface area contributed by atoms with Gasteiger partial charge in [-0.15, -0.1) is 0 Å². The molecule has 0 fully saturated rings. The van der Waals surface area contributed by atoms with Gasteiger partial charge in [-0.25, -0.2) is 0 Å². The summed E-state index contributed by atoms with van der Waals surface area (Å²) < 4.78 is 90.6. The number of nitrogens with one attached hydrogen (secondary N) is 1. The molecule has 7 heteroatoms. The van der Waals surface area contributed by atoms with Crippen LogP contribution in [-0.4, -0.2) is 58.7 Å². The van der Waals surface area contributed by atoms with E-state index in [9.17, 15) is 24.9 Å². The quantitative estimate of drug-likeness (QED) is 0.0274. The van der Waals surface area contributed by atoms with Crippen molar-refractivity contribution >= 4 is 11.9 Å². The first-order chi connectivity index (χ1) is 39.1. The van der Waals surface area contributed by atoms with Crippen molar-refractivity contribution in [2.45, 2.75) is 359 Å². The number of rotatable bonds is 59. The van der Waals surface area contributed by atoms with Crippen molar-refractivity contribution in [3.63, 3.8) is 0 Å². The highest BCUT2D eigenvalue weighted by molar-refractivity contribution is 5.76. The Bertz CT molecular complexity index is 1570. The molecule has 0 spiro atoms. The molecule has 0 saturated carbocycles. The molecule has 1 amide bonds. The molecule has 0 heterocycles. The third-order valence-electron chi connectivity index (χ3n) is 14.1. The standard InChI is InChI=1S/C64H123NO6/c1-3-5-7-9-11-13-15-17-29-33-37-41-45-49-53-57-63(69)71-58-54-50-46-42-38-34-31-28-26-24-22-20-18-19-21-23-25-27-30-32-36-40-44-48-52-56-62(68)65-60(59-66)64(70)61(67)55-51-47-43-39-35-16-14-12-10-8-6-4-2/h11,13,17,29,60-61,64,66-67,70H,3-10,12,14-16,18-28,30-59H2,1-2H3,(H,65,68)/b13-11-,29-17-/t60-,61+,64-/m0/s1/i1D3,3D2,5D2,7D2,9D2. The van der Waals surface area contributed by atoms with E-state index in [1.807, 2.05) is 6.08 Å². The van der Waals surface area contributed by atoms with Gasteiger partial charge in [0.25, 0.3) is 0 Å². The summed E-state index contributed by atoms with van der Waals surface area (Å²) in [6.07, 6.45) is 43.4. The first-order valence-corrected chi connectivity index (χ1v) is 30.3. The summed E-state index contributed by atoms with van der Waals surface area (Å²) in [6, 6.07) is -0.829. The number of hydrogen-bond donors (Lipinski definition) is 4. The number of ether oxygens (including phenoxy) is 1. The Labute approximate surface area is 457 Å². The molecule has 0 aromatic rings. The van der Waals surface area contributed by atoms with E-state index in [4.69, 9.17) is 19.8 Å². The van der Waals surface area contributed by atoms with Crippen molar-refractivity contribution in [1.82, 2.24) is 5.32 Å². The monoisotopic (exact) mass is 1010 g/mol. The van der Waals surface area contributed by atoms with Gasteiger partial charge in [0.05, 0.1) is 25.4 Å². The fraction of sp³-hybridized carbons (Fsp3) is 0.906. The van der Waals surface area contributed by atoms with Crippen LogP contribution in [0, 0.1) is 0 Å². The van der Waals surface area contributed by atoms with E-state index in [0.717, 1.165) is 96.0 Å². The van der Waals surface area contributed by atoms with Crippen LogP contribution >= 0.6 is 0 Å². The lowest BCUT2D eigenvalue weighted by molar-refractivity contribution is -0.143. The fourth-order valence-electron chi connectivity index (χ4n) is 9.45. The third kappa shape index (κ3) is 54.4. The van der Waals surface area contributed by atoms with Gasteiger partial charge in [0.1, 0.15) is 6.10 Å². The van der Waals surface area contributed by atoms with Crippen molar-refractivity contribution in [2.75, 3.05) is 13.2 Å². The van der Waals surface area contributed by atoms with Gasteiger partial charge in [0, 0.05) is 27.9 Å². The summed E-state index contributed by atoms with van der Waals surface area (Å²) in [6.45, 7) is -1.11. The van der Waals surface area contributed by atoms with Crippen LogP contribution in [0.1, 0.15) is 356 Å². The zero-order valence-corrected chi connectivity index (χ0v) is 46.3. The number of aliphatic hydroxyl groups is 3. The normalized spacial score (nSPS) is 16.4. The number of unbranched alkanes of at least 4 members (excludes halogenated alkanes) is 40. The number of hydrogen-bond acceptors (Lipinski definition) is 6. The lowest BCUT2D eigenvalue weighted by Gasteiger charge is -2.26. The minimum atomic E-state index is -3.64. The summed E-state index contributed by atoms with van der Waals surface area (Å²) in [5.41, 5.74) is 0. The lowest BCUT2D eigenvalue weighted by Crippen LogP contribution is -2.50. The summed E-state index contributed by atoms with van der Waals surface area (Å²) in [4.78, 5) is 24.6. The zero-order chi connectivity index (χ0) is 61.3. The summed E-state index contributed by atoms with van der Waals surface area (Å²) in [5.74, 6) is -0.283. The Kier molecular flexibility index (Phi) is 42.8. The van der Waals surface area contributed by atoms with Crippen molar-refractivity contribution in [3.05, 3.63) is 24.3 Å². The Morgan fingerprint density at radius 1 is 0.507 bits per heavy atom. The van der Waals surface area contributed by atoms with E-state index in [-0.39, 0.29) is 24.9 Å². The molecule has 0 aliphatic heterocycles. The van der Waals surface area contributed by atoms with E-state index in [2.05, 4.69) is 12.2 Å². The molecule has 7 nitrogen and oxygen atoms in total. The second-order valence-corrected chi connectivity index (χ2v) is 20.8. The Balaban J connectivity index is 3.57. The lowest BCUT2D eigenvalue weighted by atomic mass is 9.99. The van der Waals surface area contributed by atoms with Crippen LogP contribution in [0.3, 0.4) is 0 Å². The van der Waals surface area contributed by atoms with Gasteiger partial charge in [0.2, 0.25) is 5.91 Å². The fourth-order valence-corrected chi connectivity index (χ4v) is 9.45. The van der Waals surface area contributed by atoms with Crippen LogP contribution in [0.25, 0.3) is 0 Å². The molecule has 0 radical (unpaired) electrons. The average molecular weight is 1010 g/mol. The van der Waals surface area contributed by atoms with Crippen LogP contribution in [0.5, 0.6) is 0 Å². The van der Waals surface area contributed by atoms with Gasteiger partial charge >= 0.3 is 5.97 Å². The molecule has 0 aliphatic carbocycles. The number of aliphatic hydroxyl groups excluding tert-OH is 3. The van der Waals surface area contributed by atoms with Gasteiger partial charge in [-0.1, -0.05) is 295 Å². The van der Waals surface area contributed by atoms with Crippen LogP contribution < -0.4 is 5.32 Å². The first-order valence-electron chi connectivity index (χ1n) is 35.8. The van der Waals surface area contributed by atoms with Crippen molar-refractivity contribution in [2.24, 2.45) is 0 Å². The highest BCUT2D eigenvalue weighted by atomic mass is 16.5. The zero-order valence-electron chi connectivity index (χ0n) is 57.3. The minimum absolute atomic E-state index is 0.121. The number of carbonyl (C=O) groups is 2. The Morgan fingerprint density at radius 3 is 1.38 bits per heavy atom. The maximum atomic E-state index is 12.5. The first kappa shape index (κ1) is 51.4. The van der Waals surface area contributed by atoms with Gasteiger partial charge in [-0.05, 0) is 57.7 Å². The third-order valence-corrected chi connectivity index (χ3v) is 14.1. The molecule has 0 unspecified atom stereocenters. The van der Waals surface area contributed by atoms with Gasteiger partial charge in [-0.2, -0.15) is 0 Å². The van der Waals surface area contributed by atoms with Gasteiger partial charge < -0.3 is 25.4 Å². The number of carbonyl (C=O) groups excluding carboxylic acids is 2. The van der Waals surface area contributed by atoms with Gasteiger partial charge in [0.15, 0.2) is 0 Å². The molecule has 0 aliphatic rings. The number of esters is 1. The maximum absolute atomic E-state index is 12.5. The smallest absolute Gasteiger partial charge is 0.305 e. The van der Waals surface area contributed by atoms with Gasteiger partial charge in [-0.3, -0.25) is 9.59 Å². The van der Waals surface area contributed by atoms with E-state index < -0.39 is 50.6 Å². The molecule has 3 atom stereocenters. The summed E-state index contributed by atoms with van der Waals surface area (Å²) in [5, 5.41) is 33.7. The SMILES string of the molecule is [2H]C([2H])([2H])C([2H])([2H])C([2H])([2H])C([2H])([2H])C([2H])([2H])/C=C\C/C=C\CCCCCCCC(=O)OCCCCCCCCCCCCCCCCCCCCCCCCCCCC(=O)N[C@@H](CO)[C@H](O)[C@H](O)CCCCCCCCCCCCCC. The highest BCUT2D eigenvalue weighted by Crippen LogP contribution is 2.18.